The Morgan fingerprint density at radius 2 is 2.35 bits per heavy atom. The summed E-state index contributed by atoms with van der Waals surface area (Å²) in [6.07, 6.45) is 2.96. The number of hydrogen-bond donors (Lipinski definition) is 1. The van der Waals surface area contributed by atoms with Gasteiger partial charge in [-0.2, -0.15) is 0 Å². The van der Waals surface area contributed by atoms with Gasteiger partial charge in [0, 0.05) is 12.6 Å². The SMILES string of the molecule is C[C@@H]1[C@H](C(=O)O)CCCN1C(=O)Cc1coc(-c2cccs2)n1. The number of carboxylic acids is 1. The first kappa shape index (κ1) is 15.7. The number of carbonyl (C=O) groups is 2. The maximum Gasteiger partial charge on any atom is 0.308 e. The molecule has 1 saturated heterocycles. The number of carboxylic acid groups (broad SMARTS) is 1. The highest BCUT2D eigenvalue weighted by Gasteiger charge is 2.35. The predicted octanol–water partition coefficient (Wildman–Crippen LogP) is 2.66. The van der Waals surface area contributed by atoms with Gasteiger partial charge in [0.2, 0.25) is 11.8 Å². The third-order valence-corrected chi connectivity index (χ3v) is 5.10. The molecule has 0 saturated carbocycles. The van der Waals surface area contributed by atoms with Crippen LogP contribution in [0.1, 0.15) is 25.5 Å². The van der Waals surface area contributed by atoms with Crippen LogP contribution in [-0.2, 0) is 16.0 Å². The van der Waals surface area contributed by atoms with Gasteiger partial charge in [-0.25, -0.2) is 4.98 Å². The molecule has 0 bridgehead atoms. The Kier molecular flexibility index (Phi) is 4.47. The van der Waals surface area contributed by atoms with Crippen LogP contribution in [0.5, 0.6) is 0 Å². The minimum Gasteiger partial charge on any atom is -0.481 e. The van der Waals surface area contributed by atoms with Gasteiger partial charge in [-0.3, -0.25) is 9.59 Å². The summed E-state index contributed by atoms with van der Waals surface area (Å²) in [5.41, 5.74) is 0.572. The normalized spacial score (nSPS) is 21.3. The summed E-state index contributed by atoms with van der Waals surface area (Å²) < 4.78 is 5.42. The maximum absolute atomic E-state index is 12.5. The number of amides is 1. The number of thiophene rings is 1. The van der Waals surface area contributed by atoms with Crippen molar-refractivity contribution in [3.63, 3.8) is 0 Å². The van der Waals surface area contributed by atoms with Crippen molar-refractivity contribution in [2.75, 3.05) is 6.54 Å². The Hall–Kier alpha value is -2.15. The molecule has 122 valence electrons. The average molecular weight is 334 g/mol. The summed E-state index contributed by atoms with van der Waals surface area (Å²) in [6, 6.07) is 3.53. The van der Waals surface area contributed by atoms with E-state index in [0.29, 0.717) is 31.0 Å². The van der Waals surface area contributed by atoms with Crippen LogP contribution in [0.3, 0.4) is 0 Å². The Morgan fingerprint density at radius 1 is 1.52 bits per heavy atom. The zero-order chi connectivity index (χ0) is 16.4. The molecular formula is C16H18N2O4S. The molecule has 0 aliphatic carbocycles. The number of aromatic nitrogens is 1. The monoisotopic (exact) mass is 334 g/mol. The number of oxazole rings is 1. The second-order valence-corrected chi connectivity index (χ2v) is 6.66. The maximum atomic E-state index is 12.5. The van der Waals surface area contributed by atoms with Crippen molar-refractivity contribution in [3.05, 3.63) is 29.5 Å². The number of piperidine rings is 1. The minimum absolute atomic E-state index is 0.102. The molecule has 1 aliphatic rings. The highest BCUT2D eigenvalue weighted by molar-refractivity contribution is 7.13. The van der Waals surface area contributed by atoms with Crippen LogP contribution in [0.4, 0.5) is 0 Å². The Bertz CT molecular complexity index is 695. The van der Waals surface area contributed by atoms with Crippen LogP contribution < -0.4 is 0 Å². The summed E-state index contributed by atoms with van der Waals surface area (Å²) in [6.45, 7) is 2.40. The van der Waals surface area contributed by atoms with Crippen molar-refractivity contribution >= 4 is 23.2 Å². The molecule has 1 amide bonds. The topological polar surface area (TPSA) is 83.6 Å². The lowest BCUT2D eigenvalue weighted by Crippen LogP contribution is -2.49. The standard InChI is InChI=1S/C16H18N2O4S/c1-10-12(16(20)21)4-2-6-18(10)14(19)8-11-9-22-15(17-11)13-5-3-7-23-13/h3,5,7,9-10,12H,2,4,6,8H2,1H3,(H,20,21)/t10-,12-/m1/s1. The summed E-state index contributed by atoms with van der Waals surface area (Å²) in [5, 5.41) is 11.2. The zero-order valence-corrected chi connectivity index (χ0v) is 13.6. The average Bonchev–Trinajstić information content (AvgIpc) is 3.17. The van der Waals surface area contributed by atoms with Gasteiger partial charge in [0.25, 0.3) is 0 Å². The molecule has 2 atom stereocenters. The lowest BCUT2D eigenvalue weighted by Gasteiger charge is -2.37. The molecule has 3 heterocycles. The number of carbonyl (C=O) groups excluding carboxylic acids is 1. The third kappa shape index (κ3) is 3.29. The van der Waals surface area contributed by atoms with Crippen LogP contribution in [0.15, 0.2) is 28.2 Å². The molecule has 7 heteroatoms. The quantitative estimate of drug-likeness (QED) is 0.929. The van der Waals surface area contributed by atoms with E-state index in [0.717, 1.165) is 4.88 Å². The fourth-order valence-electron chi connectivity index (χ4n) is 2.98. The molecule has 0 aromatic carbocycles. The first-order valence-corrected chi connectivity index (χ1v) is 8.45. The number of nitrogens with zero attached hydrogens (tertiary/aromatic N) is 2. The number of rotatable bonds is 4. The molecule has 2 aromatic rings. The Balaban J connectivity index is 1.68. The molecule has 6 nitrogen and oxygen atoms in total. The van der Waals surface area contributed by atoms with Crippen LogP contribution >= 0.6 is 11.3 Å². The highest BCUT2D eigenvalue weighted by Crippen LogP contribution is 2.26. The second kappa shape index (κ2) is 6.54. The molecule has 1 aliphatic heterocycles. The van der Waals surface area contributed by atoms with E-state index < -0.39 is 11.9 Å². The lowest BCUT2D eigenvalue weighted by atomic mass is 9.90. The molecule has 1 N–H and O–H groups in total. The van der Waals surface area contributed by atoms with Gasteiger partial charge in [-0.05, 0) is 31.2 Å². The fraction of sp³-hybridized carbons (Fsp3) is 0.438. The summed E-state index contributed by atoms with van der Waals surface area (Å²) in [5.74, 6) is -0.921. The lowest BCUT2D eigenvalue weighted by molar-refractivity contribution is -0.148. The number of likely N-dealkylation sites (tertiary alicyclic amines) is 1. The van der Waals surface area contributed by atoms with E-state index in [-0.39, 0.29) is 18.4 Å². The molecule has 23 heavy (non-hydrogen) atoms. The van der Waals surface area contributed by atoms with Gasteiger partial charge in [0.15, 0.2) is 0 Å². The smallest absolute Gasteiger partial charge is 0.308 e. The predicted molar refractivity (Wildman–Crippen MR) is 85.1 cm³/mol. The minimum atomic E-state index is -0.837. The molecule has 3 rings (SSSR count). The van der Waals surface area contributed by atoms with E-state index in [1.807, 2.05) is 17.5 Å². The second-order valence-electron chi connectivity index (χ2n) is 5.71. The van der Waals surface area contributed by atoms with Crippen molar-refractivity contribution in [2.45, 2.75) is 32.2 Å². The van der Waals surface area contributed by atoms with Crippen molar-refractivity contribution in [2.24, 2.45) is 5.92 Å². The van der Waals surface area contributed by atoms with Crippen LogP contribution in [0.2, 0.25) is 0 Å². The van der Waals surface area contributed by atoms with E-state index in [2.05, 4.69) is 4.98 Å². The number of hydrogen-bond acceptors (Lipinski definition) is 5. The van der Waals surface area contributed by atoms with Gasteiger partial charge < -0.3 is 14.4 Å². The van der Waals surface area contributed by atoms with Crippen molar-refractivity contribution in [1.82, 2.24) is 9.88 Å². The zero-order valence-electron chi connectivity index (χ0n) is 12.8. The van der Waals surface area contributed by atoms with Crippen LogP contribution in [-0.4, -0.2) is 39.5 Å². The van der Waals surface area contributed by atoms with Crippen LogP contribution in [0.25, 0.3) is 10.8 Å². The molecule has 0 unspecified atom stereocenters. The van der Waals surface area contributed by atoms with Gasteiger partial charge in [0.1, 0.15) is 6.26 Å². The summed E-state index contributed by atoms with van der Waals surface area (Å²) in [7, 11) is 0. The third-order valence-electron chi connectivity index (χ3n) is 4.24. The van der Waals surface area contributed by atoms with E-state index in [1.54, 1.807) is 11.8 Å². The van der Waals surface area contributed by atoms with Crippen molar-refractivity contribution < 1.29 is 19.1 Å². The van der Waals surface area contributed by atoms with E-state index >= 15 is 0 Å². The Morgan fingerprint density at radius 3 is 3.04 bits per heavy atom. The summed E-state index contributed by atoms with van der Waals surface area (Å²) in [4.78, 5) is 30.7. The van der Waals surface area contributed by atoms with Gasteiger partial charge >= 0.3 is 5.97 Å². The summed E-state index contributed by atoms with van der Waals surface area (Å²) >= 11 is 1.52. The fourth-order valence-corrected chi connectivity index (χ4v) is 3.64. The Labute approximate surface area is 137 Å². The molecule has 2 aromatic heterocycles. The molecule has 0 radical (unpaired) electrons. The molecular weight excluding hydrogens is 316 g/mol. The van der Waals surface area contributed by atoms with E-state index in [9.17, 15) is 14.7 Å². The van der Waals surface area contributed by atoms with E-state index in [1.165, 1.54) is 17.6 Å². The number of aliphatic carboxylic acids is 1. The van der Waals surface area contributed by atoms with Crippen molar-refractivity contribution in [3.8, 4) is 10.8 Å². The largest absolute Gasteiger partial charge is 0.481 e. The molecule has 0 spiro atoms. The highest BCUT2D eigenvalue weighted by atomic mass is 32.1. The van der Waals surface area contributed by atoms with Crippen molar-refractivity contribution in [1.29, 1.82) is 0 Å². The first-order chi connectivity index (χ1) is 11.1. The van der Waals surface area contributed by atoms with Gasteiger partial charge in [-0.1, -0.05) is 6.07 Å². The van der Waals surface area contributed by atoms with E-state index in [4.69, 9.17) is 4.42 Å². The molecule has 1 fully saturated rings. The van der Waals surface area contributed by atoms with Crippen LogP contribution in [0, 0.1) is 5.92 Å². The van der Waals surface area contributed by atoms with Gasteiger partial charge in [0.05, 0.1) is 22.9 Å². The first-order valence-electron chi connectivity index (χ1n) is 7.57. The van der Waals surface area contributed by atoms with Gasteiger partial charge in [-0.15, -0.1) is 11.3 Å².